The van der Waals surface area contributed by atoms with E-state index in [0.29, 0.717) is 25.1 Å². The average Bonchev–Trinajstić information content (AvgIpc) is 3.17. The first-order valence-corrected chi connectivity index (χ1v) is 8.54. The van der Waals surface area contributed by atoms with Crippen molar-refractivity contribution in [3.8, 4) is 0 Å². The molecule has 1 saturated heterocycles. The van der Waals surface area contributed by atoms with Crippen LogP contribution in [0.15, 0.2) is 6.20 Å². The SMILES string of the molecule is CCCCn1ncc(C(=O)N2C[C@@H]3CCC[C@@]3(C(=O)O)C2)c1C. The lowest BCUT2D eigenvalue weighted by atomic mass is 9.81. The van der Waals surface area contributed by atoms with Gasteiger partial charge in [-0.2, -0.15) is 5.10 Å². The molecule has 1 aromatic rings. The number of aryl methyl sites for hydroxylation is 1. The van der Waals surface area contributed by atoms with E-state index in [0.717, 1.165) is 37.9 Å². The maximum absolute atomic E-state index is 12.8. The molecular weight excluding hydrogens is 294 g/mol. The van der Waals surface area contributed by atoms with Gasteiger partial charge in [-0.25, -0.2) is 0 Å². The Bertz CT molecular complexity index is 625. The molecule has 126 valence electrons. The lowest BCUT2D eigenvalue weighted by Gasteiger charge is -2.23. The van der Waals surface area contributed by atoms with E-state index in [2.05, 4.69) is 12.0 Å². The standard InChI is InChI=1S/C17H25N3O3/c1-3-4-8-20-12(2)14(9-18-20)15(21)19-10-13-6-5-7-17(13,11-19)16(22)23/h9,13H,3-8,10-11H2,1-2H3,(H,22,23)/t13-,17+/m0/s1. The zero-order valence-corrected chi connectivity index (χ0v) is 13.9. The van der Waals surface area contributed by atoms with Crippen molar-refractivity contribution in [3.63, 3.8) is 0 Å². The summed E-state index contributed by atoms with van der Waals surface area (Å²) in [6.07, 6.45) is 6.29. The first kappa shape index (κ1) is 16.0. The zero-order chi connectivity index (χ0) is 16.6. The molecule has 0 bridgehead atoms. The maximum atomic E-state index is 12.8. The third-order valence-corrected chi connectivity index (χ3v) is 5.64. The molecule has 1 saturated carbocycles. The summed E-state index contributed by atoms with van der Waals surface area (Å²) >= 11 is 0. The first-order valence-electron chi connectivity index (χ1n) is 8.54. The van der Waals surface area contributed by atoms with Gasteiger partial charge in [-0.05, 0) is 32.1 Å². The third kappa shape index (κ3) is 2.54. The lowest BCUT2D eigenvalue weighted by molar-refractivity contribution is -0.149. The molecule has 2 fully saturated rings. The Morgan fingerprint density at radius 1 is 1.48 bits per heavy atom. The quantitative estimate of drug-likeness (QED) is 0.903. The predicted octanol–water partition coefficient (Wildman–Crippen LogP) is 2.32. The van der Waals surface area contributed by atoms with Gasteiger partial charge in [0, 0.05) is 25.3 Å². The van der Waals surface area contributed by atoms with Crippen molar-refractivity contribution in [3.05, 3.63) is 17.5 Å². The molecule has 1 aromatic heterocycles. The Labute approximate surface area is 136 Å². The molecule has 6 nitrogen and oxygen atoms in total. The van der Waals surface area contributed by atoms with Crippen molar-refractivity contribution in [2.75, 3.05) is 13.1 Å². The minimum absolute atomic E-state index is 0.0692. The van der Waals surface area contributed by atoms with Crippen LogP contribution in [0.25, 0.3) is 0 Å². The van der Waals surface area contributed by atoms with Crippen LogP contribution in [-0.2, 0) is 11.3 Å². The fourth-order valence-electron chi connectivity index (χ4n) is 4.15. The van der Waals surface area contributed by atoms with E-state index < -0.39 is 11.4 Å². The lowest BCUT2D eigenvalue weighted by Crippen LogP contribution is -2.37. The van der Waals surface area contributed by atoms with Crippen LogP contribution in [0.4, 0.5) is 0 Å². The Hall–Kier alpha value is -1.85. The monoisotopic (exact) mass is 319 g/mol. The molecule has 0 radical (unpaired) electrons. The summed E-state index contributed by atoms with van der Waals surface area (Å²) in [7, 11) is 0. The van der Waals surface area contributed by atoms with Gasteiger partial charge in [0.25, 0.3) is 5.91 Å². The maximum Gasteiger partial charge on any atom is 0.311 e. The summed E-state index contributed by atoms with van der Waals surface area (Å²) < 4.78 is 1.88. The van der Waals surface area contributed by atoms with Crippen LogP contribution in [0.5, 0.6) is 0 Å². The van der Waals surface area contributed by atoms with E-state index in [1.165, 1.54) is 0 Å². The molecule has 1 aliphatic carbocycles. The number of hydrogen-bond donors (Lipinski definition) is 1. The van der Waals surface area contributed by atoms with Gasteiger partial charge >= 0.3 is 5.97 Å². The molecular formula is C17H25N3O3. The van der Waals surface area contributed by atoms with Gasteiger partial charge in [0.2, 0.25) is 0 Å². The molecule has 0 unspecified atom stereocenters. The van der Waals surface area contributed by atoms with Gasteiger partial charge in [-0.3, -0.25) is 14.3 Å². The van der Waals surface area contributed by atoms with Crippen molar-refractivity contribution >= 4 is 11.9 Å². The fourth-order valence-corrected chi connectivity index (χ4v) is 4.15. The number of carbonyl (C=O) groups is 2. The van der Waals surface area contributed by atoms with E-state index in [1.54, 1.807) is 11.1 Å². The number of rotatable bonds is 5. The van der Waals surface area contributed by atoms with Gasteiger partial charge in [0.05, 0.1) is 17.2 Å². The van der Waals surface area contributed by atoms with Crippen molar-refractivity contribution in [2.45, 2.75) is 52.5 Å². The Kier molecular flexibility index (Phi) is 4.17. The highest BCUT2D eigenvalue weighted by Crippen LogP contribution is 2.49. The van der Waals surface area contributed by atoms with E-state index in [4.69, 9.17) is 0 Å². The number of aliphatic carboxylic acids is 1. The Morgan fingerprint density at radius 3 is 2.91 bits per heavy atom. The van der Waals surface area contributed by atoms with E-state index in [1.807, 2.05) is 11.6 Å². The molecule has 0 aromatic carbocycles. The number of hydrogen-bond acceptors (Lipinski definition) is 3. The fraction of sp³-hybridized carbons (Fsp3) is 0.706. The highest BCUT2D eigenvalue weighted by molar-refractivity contribution is 5.96. The largest absolute Gasteiger partial charge is 0.481 e. The molecule has 3 rings (SSSR count). The van der Waals surface area contributed by atoms with Crippen LogP contribution in [0.2, 0.25) is 0 Å². The van der Waals surface area contributed by atoms with Crippen LogP contribution in [-0.4, -0.2) is 44.8 Å². The second-order valence-electron chi connectivity index (χ2n) is 6.96. The highest BCUT2D eigenvalue weighted by atomic mass is 16.4. The number of unbranched alkanes of at least 4 members (excludes halogenated alkanes) is 1. The molecule has 1 N–H and O–H groups in total. The summed E-state index contributed by atoms with van der Waals surface area (Å²) in [6.45, 7) is 5.76. The van der Waals surface area contributed by atoms with Crippen molar-refractivity contribution in [1.29, 1.82) is 0 Å². The molecule has 6 heteroatoms. The molecule has 1 aliphatic heterocycles. The topological polar surface area (TPSA) is 75.4 Å². The predicted molar refractivity (Wildman–Crippen MR) is 85.2 cm³/mol. The van der Waals surface area contributed by atoms with Gasteiger partial charge in [0.15, 0.2) is 0 Å². The van der Waals surface area contributed by atoms with Gasteiger partial charge in [-0.1, -0.05) is 19.8 Å². The minimum atomic E-state index is -0.745. The molecule has 23 heavy (non-hydrogen) atoms. The smallest absolute Gasteiger partial charge is 0.311 e. The van der Waals surface area contributed by atoms with Crippen molar-refractivity contribution < 1.29 is 14.7 Å². The first-order chi connectivity index (χ1) is 11.0. The van der Waals surface area contributed by atoms with Crippen molar-refractivity contribution in [1.82, 2.24) is 14.7 Å². The van der Waals surface area contributed by atoms with E-state index >= 15 is 0 Å². The molecule has 0 spiro atoms. The number of aromatic nitrogens is 2. The molecule has 1 amide bonds. The number of fused-ring (bicyclic) bond motifs is 1. The van der Waals surface area contributed by atoms with Gasteiger partial charge in [-0.15, -0.1) is 0 Å². The zero-order valence-electron chi connectivity index (χ0n) is 13.9. The van der Waals surface area contributed by atoms with Gasteiger partial charge in [0.1, 0.15) is 0 Å². The molecule has 2 heterocycles. The normalized spacial score (nSPS) is 26.5. The van der Waals surface area contributed by atoms with E-state index in [9.17, 15) is 14.7 Å². The second-order valence-corrected chi connectivity index (χ2v) is 6.96. The summed E-state index contributed by atoms with van der Waals surface area (Å²) in [4.78, 5) is 26.3. The Morgan fingerprint density at radius 2 is 2.26 bits per heavy atom. The van der Waals surface area contributed by atoms with Crippen LogP contribution < -0.4 is 0 Å². The Balaban J connectivity index is 1.77. The number of amides is 1. The van der Waals surface area contributed by atoms with Crippen LogP contribution in [0.3, 0.4) is 0 Å². The number of likely N-dealkylation sites (tertiary alicyclic amines) is 1. The highest BCUT2D eigenvalue weighted by Gasteiger charge is 2.55. The third-order valence-electron chi connectivity index (χ3n) is 5.64. The number of carboxylic acid groups (broad SMARTS) is 1. The summed E-state index contributed by atoms with van der Waals surface area (Å²) in [5.74, 6) is -0.717. The second kappa shape index (κ2) is 5.98. The van der Waals surface area contributed by atoms with Gasteiger partial charge < -0.3 is 10.0 Å². The summed E-state index contributed by atoms with van der Waals surface area (Å²) in [5, 5.41) is 14.0. The average molecular weight is 319 g/mol. The van der Waals surface area contributed by atoms with Crippen LogP contribution >= 0.6 is 0 Å². The summed E-state index contributed by atoms with van der Waals surface area (Å²) in [5.41, 5.74) is 0.772. The number of carboxylic acids is 1. The van der Waals surface area contributed by atoms with Crippen LogP contribution in [0.1, 0.15) is 55.1 Å². The minimum Gasteiger partial charge on any atom is -0.481 e. The van der Waals surface area contributed by atoms with Crippen molar-refractivity contribution in [2.24, 2.45) is 11.3 Å². The molecule has 2 atom stereocenters. The summed E-state index contributed by atoms with van der Waals surface area (Å²) in [6, 6.07) is 0. The number of carbonyl (C=O) groups excluding carboxylic acids is 1. The molecule has 2 aliphatic rings. The van der Waals surface area contributed by atoms with Crippen LogP contribution in [0, 0.1) is 18.3 Å². The number of nitrogens with zero attached hydrogens (tertiary/aromatic N) is 3. The van der Waals surface area contributed by atoms with E-state index in [-0.39, 0.29) is 11.8 Å².